The number of pyridine rings is 1. The maximum Gasteiger partial charge on any atom is 0.408 e. The first-order valence-electron chi connectivity index (χ1n) is 13.3. The second-order valence-corrected chi connectivity index (χ2v) is 12.2. The number of aromatic nitrogens is 1. The van der Waals surface area contributed by atoms with Crippen molar-refractivity contribution in [2.75, 3.05) is 6.61 Å². The zero-order valence-corrected chi connectivity index (χ0v) is 23.1. The van der Waals surface area contributed by atoms with Crippen LogP contribution in [0.5, 0.6) is 11.5 Å². The van der Waals surface area contributed by atoms with Crippen molar-refractivity contribution in [3.8, 4) is 11.5 Å². The van der Waals surface area contributed by atoms with Crippen LogP contribution in [0.2, 0.25) is 0 Å². The molecule has 0 aliphatic heterocycles. The third kappa shape index (κ3) is 6.74. The summed E-state index contributed by atoms with van der Waals surface area (Å²) >= 11 is 0. The van der Waals surface area contributed by atoms with Crippen molar-refractivity contribution in [1.82, 2.24) is 9.47 Å². The molecule has 7 heteroatoms. The first-order chi connectivity index (χ1) is 16.8. The molecule has 1 fully saturated rings. The third-order valence-electron chi connectivity index (χ3n) is 6.63. The molecule has 1 amide bonds. The highest BCUT2D eigenvalue weighted by Crippen LogP contribution is 2.35. The molecule has 200 valence electrons. The van der Waals surface area contributed by atoms with Crippen molar-refractivity contribution >= 4 is 16.9 Å². The average Bonchev–Trinajstić information content (AvgIpc) is 3.27. The Morgan fingerprint density at radius 3 is 2.33 bits per heavy atom. The molecule has 0 radical (unpaired) electrons. The van der Waals surface area contributed by atoms with Crippen molar-refractivity contribution < 1.29 is 19.4 Å². The van der Waals surface area contributed by atoms with Gasteiger partial charge in [-0.3, -0.25) is 9.69 Å². The minimum atomic E-state index is -1.03. The molecular weight excluding hydrogens is 456 g/mol. The normalized spacial score (nSPS) is 14.9. The van der Waals surface area contributed by atoms with E-state index in [0.29, 0.717) is 35.4 Å². The van der Waals surface area contributed by atoms with Crippen LogP contribution >= 0.6 is 0 Å². The zero-order chi connectivity index (χ0) is 26.7. The monoisotopic (exact) mass is 500 g/mol. The Kier molecular flexibility index (Phi) is 8.63. The van der Waals surface area contributed by atoms with Gasteiger partial charge in [0.25, 0.3) is 5.56 Å². The summed E-state index contributed by atoms with van der Waals surface area (Å²) in [7, 11) is 0. The zero-order valence-electron chi connectivity index (χ0n) is 23.1. The minimum Gasteiger partial charge on any atom is -0.491 e. The molecule has 36 heavy (non-hydrogen) atoms. The molecule has 3 rings (SSSR count). The van der Waals surface area contributed by atoms with Crippen LogP contribution in [0.15, 0.2) is 23.0 Å². The summed E-state index contributed by atoms with van der Waals surface area (Å²) in [5, 5.41) is 11.3. The lowest BCUT2D eigenvalue weighted by atomic mass is 9.96. The number of rotatable bonds is 9. The summed E-state index contributed by atoms with van der Waals surface area (Å²) in [6.07, 6.45) is 5.40. The molecule has 0 saturated heterocycles. The van der Waals surface area contributed by atoms with Gasteiger partial charge >= 0.3 is 6.09 Å². The molecule has 0 spiro atoms. The molecule has 1 N–H and O–H groups in total. The van der Waals surface area contributed by atoms with Crippen LogP contribution in [-0.4, -0.2) is 38.9 Å². The minimum absolute atomic E-state index is 0.0509. The molecule has 1 aliphatic rings. The number of unbranched alkanes of at least 4 members (excludes halogenated alkanes) is 1. The van der Waals surface area contributed by atoms with Gasteiger partial charge in [0, 0.05) is 17.5 Å². The second-order valence-electron chi connectivity index (χ2n) is 12.2. The van der Waals surface area contributed by atoms with E-state index >= 15 is 0 Å². The molecule has 0 bridgehead atoms. The van der Waals surface area contributed by atoms with E-state index in [-0.39, 0.29) is 23.6 Å². The Bertz CT molecular complexity index is 1120. The Hall–Kier alpha value is -2.70. The molecule has 0 atom stereocenters. The van der Waals surface area contributed by atoms with Gasteiger partial charge < -0.3 is 19.1 Å². The van der Waals surface area contributed by atoms with Gasteiger partial charge in [-0.2, -0.15) is 0 Å². The number of nitrogens with zero attached hydrogens (tertiary/aromatic N) is 2. The van der Waals surface area contributed by atoms with Crippen molar-refractivity contribution in [1.29, 1.82) is 0 Å². The van der Waals surface area contributed by atoms with Gasteiger partial charge in [0.2, 0.25) is 0 Å². The Morgan fingerprint density at radius 1 is 1.11 bits per heavy atom. The van der Waals surface area contributed by atoms with Crippen LogP contribution in [0.1, 0.15) is 92.7 Å². The van der Waals surface area contributed by atoms with E-state index in [2.05, 4.69) is 27.7 Å². The summed E-state index contributed by atoms with van der Waals surface area (Å²) in [6.45, 7) is 14.9. The fraction of sp³-hybridized carbons (Fsp3) is 0.655. The molecule has 1 saturated carbocycles. The van der Waals surface area contributed by atoms with Gasteiger partial charge in [0.15, 0.2) is 0 Å². The van der Waals surface area contributed by atoms with E-state index < -0.39 is 11.6 Å². The number of hydrogen-bond acceptors (Lipinski definition) is 4. The van der Waals surface area contributed by atoms with Crippen LogP contribution < -0.4 is 15.0 Å². The third-order valence-corrected chi connectivity index (χ3v) is 6.63. The van der Waals surface area contributed by atoms with Crippen LogP contribution in [0.25, 0.3) is 10.8 Å². The summed E-state index contributed by atoms with van der Waals surface area (Å²) in [5.74, 6) is 1.30. The van der Waals surface area contributed by atoms with Crippen LogP contribution in [0.4, 0.5) is 4.79 Å². The van der Waals surface area contributed by atoms with Gasteiger partial charge in [0.05, 0.1) is 30.3 Å². The molecule has 1 heterocycles. The fourth-order valence-electron chi connectivity index (χ4n) is 4.74. The van der Waals surface area contributed by atoms with E-state index in [4.69, 9.17) is 9.47 Å². The van der Waals surface area contributed by atoms with Crippen LogP contribution in [0.3, 0.4) is 0 Å². The number of carbonyl (C=O) groups is 1. The molecule has 7 nitrogen and oxygen atoms in total. The summed E-state index contributed by atoms with van der Waals surface area (Å²) in [4.78, 5) is 27.5. The number of amides is 1. The highest BCUT2D eigenvalue weighted by Gasteiger charge is 2.31. The number of carboxylic acid groups (broad SMARTS) is 1. The van der Waals surface area contributed by atoms with E-state index in [0.717, 1.165) is 31.4 Å². The first-order valence-corrected chi connectivity index (χ1v) is 13.3. The lowest BCUT2D eigenvalue weighted by Gasteiger charge is -2.35. The predicted molar refractivity (Wildman–Crippen MR) is 144 cm³/mol. The first kappa shape index (κ1) is 27.9. The lowest BCUT2D eigenvalue weighted by molar-refractivity contribution is 0.0924. The van der Waals surface area contributed by atoms with E-state index in [9.17, 15) is 14.7 Å². The van der Waals surface area contributed by atoms with Crippen molar-refractivity contribution in [2.45, 2.75) is 112 Å². The van der Waals surface area contributed by atoms with Crippen molar-refractivity contribution in [3.05, 3.63) is 34.2 Å². The molecule has 1 aliphatic carbocycles. The Labute approximate surface area is 215 Å². The maximum atomic E-state index is 13.9. The highest BCUT2D eigenvalue weighted by molar-refractivity contribution is 5.90. The highest BCUT2D eigenvalue weighted by atomic mass is 16.5. The van der Waals surface area contributed by atoms with Gasteiger partial charge in [-0.05, 0) is 76.5 Å². The maximum absolute atomic E-state index is 13.9. The molecule has 1 aromatic heterocycles. The standard InChI is InChI=1S/C29H44N2O5/c1-8-9-16-35-25-23-17-21(36-20-12-10-11-13-20)14-15-22(23)26(32)30(19-28(2,3)4)24(25)18-31(27(33)34)29(5,6)7/h14-15,17,20H,8-13,16,18-19H2,1-7H3,(H,33,34). The quantitative estimate of drug-likeness (QED) is 0.382. The predicted octanol–water partition coefficient (Wildman–Crippen LogP) is 6.83. The fourth-order valence-corrected chi connectivity index (χ4v) is 4.74. The van der Waals surface area contributed by atoms with E-state index in [1.165, 1.54) is 17.7 Å². The molecule has 1 aromatic carbocycles. The second kappa shape index (κ2) is 11.1. The Morgan fingerprint density at radius 2 is 1.78 bits per heavy atom. The SMILES string of the molecule is CCCCOc1c(CN(C(=O)O)C(C)(C)C)n(CC(C)(C)C)c(=O)c2ccc(OC3CCCC3)cc12. The molecular formula is C29H44N2O5. The molecule has 2 aromatic rings. The van der Waals surface area contributed by atoms with Crippen LogP contribution in [-0.2, 0) is 13.1 Å². The Balaban J connectivity index is 2.26. The topological polar surface area (TPSA) is 81.0 Å². The van der Waals surface area contributed by atoms with Gasteiger partial charge in [-0.15, -0.1) is 0 Å². The number of hydrogen-bond donors (Lipinski definition) is 1. The number of fused-ring (bicyclic) bond motifs is 1. The van der Waals surface area contributed by atoms with Crippen LogP contribution in [0, 0.1) is 5.41 Å². The number of benzene rings is 1. The number of ether oxygens (including phenoxy) is 2. The lowest BCUT2D eigenvalue weighted by Crippen LogP contribution is -2.45. The van der Waals surface area contributed by atoms with Crippen molar-refractivity contribution in [2.24, 2.45) is 5.41 Å². The average molecular weight is 501 g/mol. The van der Waals surface area contributed by atoms with E-state index in [1.54, 1.807) is 4.57 Å². The van der Waals surface area contributed by atoms with E-state index in [1.807, 2.05) is 39.0 Å². The van der Waals surface area contributed by atoms with Gasteiger partial charge in [-0.25, -0.2) is 4.79 Å². The van der Waals surface area contributed by atoms with Gasteiger partial charge in [0.1, 0.15) is 11.5 Å². The van der Waals surface area contributed by atoms with Crippen molar-refractivity contribution in [3.63, 3.8) is 0 Å². The molecule has 0 unspecified atom stereocenters. The summed E-state index contributed by atoms with van der Waals surface area (Å²) in [5.41, 5.74) is -0.399. The summed E-state index contributed by atoms with van der Waals surface area (Å²) < 4.78 is 14.4. The summed E-state index contributed by atoms with van der Waals surface area (Å²) in [6, 6.07) is 5.61. The van der Waals surface area contributed by atoms with Gasteiger partial charge in [-0.1, -0.05) is 34.1 Å². The largest absolute Gasteiger partial charge is 0.491 e. The smallest absolute Gasteiger partial charge is 0.408 e.